The molecule has 0 bridgehead atoms. The molecule has 0 heterocycles. The van der Waals surface area contributed by atoms with Gasteiger partial charge < -0.3 is 42.5 Å². The Hall–Kier alpha value is -3.99. The number of hydrogen-bond donors (Lipinski definition) is 8. The average Bonchev–Trinajstić information content (AvgIpc) is 3.09. The van der Waals surface area contributed by atoms with E-state index in [9.17, 15) is 29.1 Å². The van der Waals surface area contributed by atoms with Crippen LogP contribution in [0.15, 0.2) is 30.3 Å². The van der Waals surface area contributed by atoms with Crippen LogP contribution >= 0.6 is 0 Å². The third-order valence-electron chi connectivity index (χ3n) is 8.22. The minimum Gasteiger partial charge on any atom is -0.396 e. The molecular formula is C39H64N6O7. The molecule has 0 saturated carbocycles. The fourth-order valence-electron chi connectivity index (χ4n) is 5.45. The van der Waals surface area contributed by atoms with Crippen LogP contribution in [0.4, 0.5) is 0 Å². The fourth-order valence-corrected chi connectivity index (χ4v) is 5.45. The molecule has 6 atom stereocenters. The van der Waals surface area contributed by atoms with Gasteiger partial charge >= 0.3 is 0 Å². The van der Waals surface area contributed by atoms with Crippen LogP contribution in [0.3, 0.4) is 0 Å². The predicted octanol–water partition coefficient (Wildman–Crippen LogP) is 1.83. The van der Waals surface area contributed by atoms with Crippen molar-refractivity contribution in [3.8, 4) is 11.8 Å². The summed E-state index contributed by atoms with van der Waals surface area (Å²) in [5.74, 6) is 3.18. The van der Waals surface area contributed by atoms with E-state index in [4.69, 9.17) is 10.8 Å². The second kappa shape index (κ2) is 25.9. The van der Waals surface area contributed by atoms with E-state index in [0.717, 1.165) is 12.0 Å². The molecule has 52 heavy (non-hydrogen) atoms. The third-order valence-corrected chi connectivity index (χ3v) is 8.22. The molecule has 0 aliphatic rings. The Labute approximate surface area is 310 Å². The molecule has 1 aromatic rings. The molecule has 292 valence electrons. The van der Waals surface area contributed by atoms with Crippen LogP contribution in [0.2, 0.25) is 0 Å². The summed E-state index contributed by atoms with van der Waals surface area (Å²) < 4.78 is 0. The molecule has 13 heteroatoms. The van der Waals surface area contributed by atoms with Gasteiger partial charge in [0.1, 0.15) is 12.1 Å². The molecule has 9 N–H and O–H groups in total. The van der Waals surface area contributed by atoms with Gasteiger partial charge in [-0.15, -0.1) is 5.92 Å². The number of carbonyl (C=O) groups is 5. The number of benzene rings is 1. The van der Waals surface area contributed by atoms with Gasteiger partial charge in [-0.05, 0) is 62.3 Å². The van der Waals surface area contributed by atoms with Crippen LogP contribution in [0.1, 0.15) is 105 Å². The zero-order chi connectivity index (χ0) is 39.1. The van der Waals surface area contributed by atoms with Crippen molar-refractivity contribution in [3.63, 3.8) is 0 Å². The van der Waals surface area contributed by atoms with Crippen LogP contribution < -0.4 is 32.3 Å². The van der Waals surface area contributed by atoms with E-state index in [0.29, 0.717) is 51.5 Å². The molecule has 5 amide bonds. The van der Waals surface area contributed by atoms with E-state index in [1.165, 1.54) is 0 Å². The number of nitrogens with one attached hydrogen (secondary N) is 5. The van der Waals surface area contributed by atoms with E-state index in [2.05, 4.69) is 38.4 Å². The summed E-state index contributed by atoms with van der Waals surface area (Å²) in [4.78, 5) is 66.0. The maximum absolute atomic E-state index is 13.6. The first-order valence-corrected chi connectivity index (χ1v) is 18.8. The van der Waals surface area contributed by atoms with Crippen molar-refractivity contribution in [2.75, 3.05) is 13.2 Å². The van der Waals surface area contributed by atoms with Crippen molar-refractivity contribution in [2.24, 2.45) is 17.6 Å². The number of aliphatic hydroxyl groups excluding tert-OH is 2. The Balaban J connectivity index is 3.01. The Morgan fingerprint density at radius 1 is 0.788 bits per heavy atom. The number of nitrogens with two attached hydrogens (primary N) is 1. The van der Waals surface area contributed by atoms with Crippen molar-refractivity contribution in [1.82, 2.24) is 26.6 Å². The molecule has 1 rings (SSSR count). The molecule has 0 fully saturated rings. The topological polar surface area (TPSA) is 212 Å². The standard InChI is InChI=1S/C39H64N6O7/c1-7-9-11-19-31(37(50)41-21-20-28-16-12-10-13-17-28)42-35(48)25-34(47)32(23-26(3)4)44-38(51)30(15-8-2)43-39(52)33(24-27(5)6)45-36(49)29(40)18-14-22-46/h10,12-13,16-17,26-27,29-34,46-47H,7-9,14-15,18,20-25,40H2,1-6H3,(H,41,50)(H,42,48)(H,43,52)(H,44,51)(H,45,49)/t29-,30-,31-,32-,33-,34-/m0/s1. The summed E-state index contributed by atoms with van der Waals surface area (Å²) in [5.41, 5.74) is 7.00. The lowest BCUT2D eigenvalue weighted by molar-refractivity contribution is -0.133. The van der Waals surface area contributed by atoms with E-state index >= 15 is 0 Å². The first kappa shape index (κ1) is 46.0. The van der Waals surface area contributed by atoms with Crippen LogP contribution in [-0.2, 0) is 30.4 Å². The highest BCUT2D eigenvalue weighted by molar-refractivity contribution is 5.93. The summed E-state index contributed by atoms with van der Waals surface area (Å²) in [6.07, 6.45) is 2.33. The predicted molar refractivity (Wildman–Crippen MR) is 202 cm³/mol. The van der Waals surface area contributed by atoms with E-state index in [1.807, 2.05) is 71.9 Å². The van der Waals surface area contributed by atoms with Gasteiger partial charge in [-0.1, -0.05) is 84.2 Å². The molecule has 0 aliphatic carbocycles. The normalized spacial score (nSPS) is 14.5. The molecule has 0 unspecified atom stereocenters. The monoisotopic (exact) mass is 728 g/mol. The SMILES string of the molecule is CCCC#C[C@H](NC(=O)C[C@H](O)[C@H](CC(C)C)NC(=O)[C@H](CCC)NC(=O)[C@H](CC(C)C)NC(=O)[C@@H](N)CCCO)C(=O)NCCc1ccccc1. The number of aliphatic hydroxyl groups is 2. The number of unbranched alkanes of at least 4 members (excludes halogenated alkanes) is 1. The van der Waals surface area contributed by atoms with Crippen LogP contribution in [-0.4, -0.2) is 89.2 Å². The van der Waals surface area contributed by atoms with Crippen molar-refractivity contribution >= 4 is 29.5 Å². The second-order valence-corrected chi connectivity index (χ2v) is 14.1. The van der Waals surface area contributed by atoms with Gasteiger partial charge in [0, 0.05) is 19.6 Å². The fraction of sp³-hybridized carbons (Fsp3) is 0.667. The lowest BCUT2D eigenvalue weighted by atomic mass is 9.96. The molecule has 0 aliphatic heterocycles. The Bertz CT molecular complexity index is 1300. The molecule has 1 aromatic carbocycles. The smallest absolute Gasteiger partial charge is 0.255 e. The first-order valence-electron chi connectivity index (χ1n) is 18.8. The molecular weight excluding hydrogens is 664 g/mol. The Morgan fingerprint density at radius 2 is 1.42 bits per heavy atom. The first-order chi connectivity index (χ1) is 24.7. The molecule has 0 spiro atoms. The van der Waals surface area contributed by atoms with Gasteiger partial charge in [-0.25, -0.2) is 0 Å². The maximum atomic E-state index is 13.6. The van der Waals surface area contributed by atoms with Gasteiger partial charge in [0.2, 0.25) is 23.6 Å². The quantitative estimate of drug-likeness (QED) is 0.0735. The number of hydrogen-bond acceptors (Lipinski definition) is 8. The number of amides is 5. The highest BCUT2D eigenvalue weighted by Crippen LogP contribution is 2.13. The highest BCUT2D eigenvalue weighted by Gasteiger charge is 2.32. The summed E-state index contributed by atoms with van der Waals surface area (Å²) in [6, 6.07) is 4.91. The zero-order valence-corrected chi connectivity index (χ0v) is 32.0. The Kier molecular flexibility index (Phi) is 22.9. The number of carbonyl (C=O) groups excluding carboxylic acids is 5. The van der Waals surface area contributed by atoms with Gasteiger partial charge in [0.05, 0.1) is 24.6 Å². The molecule has 13 nitrogen and oxygen atoms in total. The van der Waals surface area contributed by atoms with Crippen molar-refractivity contribution in [1.29, 1.82) is 0 Å². The summed E-state index contributed by atoms with van der Waals surface area (Å²) in [6.45, 7) is 11.7. The highest BCUT2D eigenvalue weighted by atomic mass is 16.3. The van der Waals surface area contributed by atoms with Gasteiger partial charge in [0.25, 0.3) is 5.91 Å². The largest absolute Gasteiger partial charge is 0.396 e. The van der Waals surface area contributed by atoms with Crippen molar-refractivity contribution in [3.05, 3.63) is 35.9 Å². The zero-order valence-electron chi connectivity index (χ0n) is 32.0. The molecule has 0 radical (unpaired) electrons. The van der Waals surface area contributed by atoms with E-state index in [-0.39, 0.29) is 24.9 Å². The summed E-state index contributed by atoms with van der Waals surface area (Å²) in [7, 11) is 0. The summed E-state index contributed by atoms with van der Waals surface area (Å²) >= 11 is 0. The average molecular weight is 729 g/mol. The minimum atomic E-state index is -1.30. The van der Waals surface area contributed by atoms with Crippen molar-refractivity contribution in [2.45, 2.75) is 142 Å². The second-order valence-electron chi connectivity index (χ2n) is 14.1. The van der Waals surface area contributed by atoms with Crippen LogP contribution in [0, 0.1) is 23.7 Å². The third kappa shape index (κ3) is 19.0. The minimum absolute atomic E-state index is 0.0333. The lowest BCUT2D eigenvalue weighted by Crippen LogP contribution is -2.58. The number of rotatable bonds is 24. The van der Waals surface area contributed by atoms with Crippen molar-refractivity contribution < 1.29 is 34.2 Å². The van der Waals surface area contributed by atoms with Crippen LogP contribution in [0.25, 0.3) is 0 Å². The maximum Gasteiger partial charge on any atom is 0.255 e. The van der Waals surface area contributed by atoms with Crippen LogP contribution in [0.5, 0.6) is 0 Å². The van der Waals surface area contributed by atoms with Gasteiger partial charge in [0.15, 0.2) is 6.04 Å². The van der Waals surface area contributed by atoms with Gasteiger partial charge in [-0.2, -0.15) is 0 Å². The van der Waals surface area contributed by atoms with E-state index in [1.54, 1.807) is 0 Å². The lowest BCUT2D eigenvalue weighted by Gasteiger charge is -2.29. The Morgan fingerprint density at radius 3 is 2.02 bits per heavy atom. The van der Waals surface area contributed by atoms with Gasteiger partial charge in [-0.3, -0.25) is 24.0 Å². The molecule has 0 saturated heterocycles. The van der Waals surface area contributed by atoms with E-state index < -0.39 is 72.3 Å². The molecule has 0 aromatic heterocycles. The summed E-state index contributed by atoms with van der Waals surface area (Å²) in [5, 5.41) is 34.1.